The summed E-state index contributed by atoms with van der Waals surface area (Å²) < 4.78 is 5.52. The van der Waals surface area contributed by atoms with Crippen LogP contribution in [0.15, 0.2) is 47.3 Å². The third-order valence-corrected chi connectivity index (χ3v) is 3.68. The molecule has 2 heterocycles. The van der Waals surface area contributed by atoms with Crippen LogP contribution in [0.3, 0.4) is 0 Å². The summed E-state index contributed by atoms with van der Waals surface area (Å²) in [5, 5.41) is 1.25. The maximum absolute atomic E-state index is 4.42. The molecular weight excluding hydrogens is 290 g/mol. The number of imidazole rings is 1. The molecule has 0 fully saturated rings. The smallest absolute Gasteiger partial charge is 0.128 e. The number of hydrogen-bond donors (Lipinski definition) is 0. The van der Waals surface area contributed by atoms with Crippen LogP contribution in [0.1, 0.15) is 12.7 Å². The van der Waals surface area contributed by atoms with Crippen LogP contribution in [-0.2, 0) is 13.1 Å². The van der Waals surface area contributed by atoms with Crippen molar-refractivity contribution in [1.29, 1.82) is 0 Å². The predicted molar refractivity (Wildman–Crippen MR) is 76.6 cm³/mol. The molecule has 1 aromatic carbocycles. The van der Waals surface area contributed by atoms with Crippen molar-refractivity contribution in [1.82, 2.24) is 14.1 Å². The Bertz CT molecular complexity index is 681. The van der Waals surface area contributed by atoms with Gasteiger partial charge in [0.15, 0.2) is 0 Å². The number of benzene rings is 1. The summed E-state index contributed by atoms with van der Waals surface area (Å²) in [4.78, 5) is 4.42. The maximum atomic E-state index is 4.42. The van der Waals surface area contributed by atoms with Crippen LogP contribution in [0.4, 0.5) is 0 Å². The summed E-state index contributed by atoms with van der Waals surface area (Å²) in [5.41, 5.74) is 1.24. The summed E-state index contributed by atoms with van der Waals surface area (Å²) in [6, 6.07) is 8.49. The van der Waals surface area contributed by atoms with E-state index in [2.05, 4.69) is 67.4 Å². The first kappa shape index (κ1) is 11.5. The van der Waals surface area contributed by atoms with Gasteiger partial charge in [-0.2, -0.15) is 0 Å². The molecule has 4 heteroatoms. The number of halogens is 1. The third-order valence-electron chi connectivity index (χ3n) is 3.19. The van der Waals surface area contributed by atoms with E-state index in [4.69, 9.17) is 0 Å². The lowest BCUT2D eigenvalue weighted by Crippen LogP contribution is -2.06. The molecule has 0 aliphatic heterocycles. The lowest BCUT2D eigenvalue weighted by atomic mass is 10.2. The standard InChI is InChI=1S/C14H14BrN3/c1-2-17-8-6-16-14(17)10-18-7-5-11-9-12(15)3-4-13(11)18/h3-9H,2,10H2,1H3. The van der Waals surface area contributed by atoms with Crippen LogP contribution in [0.5, 0.6) is 0 Å². The van der Waals surface area contributed by atoms with Crippen LogP contribution in [0.25, 0.3) is 10.9 Å². The highest BCUT2D eigenvalue weighted by Crippen LogP contribution is 2.21. The van der Waals surface area contributed by atoms with Gasteiger partial charge in [-0.05, 0) is 31.2 Å². The van der Waals surface area contributed by atoms with Gasteiger partial charge in [0.05, 0.1) is 6.54 Å². The molecule has 3 nitrogen and oxygen atoms in total. The number of rotatable bonds is 3. The molecule has 18 heavy (non-hydrogen) atoms. The zero-order valence-corrected chi connectivity index (χ0v) is 11.8. The van der Waals surface area contributed by atoms with Crippen molar-refractivity contribution in [3.8, 4) is 0 Å². The van der Waals surface area contributed by atoms with Crippen LogP contribution in [-0.4, -0.2) is 14.1 Å². The molecule has 0 aliphatic carbocycles. The molecule has 0 bridgehead atoms. The molecule has 0 radical (unpaired) electrons. The monoisotopic (exact) mass is 303 g/mol. The van der Waals surface area contributed by atoms with E-state index in [0.29, 0.717) is 0 Å². The van der Waals surface area contributed by atoms with Crippen molar-refractivity contribution in [2.24, 2.45) is 0 Å². The minimum atomic E-state index is 0.811. The van der Waals surface area contributed by atoms with Gasteiger partial charge in [0.2, 0.25) is 0 Å². The van der Waals surface area contributed by atoms with Gasteiger partial charge in [-0.3, -0.25) is 0 Å². The minimum absolute atomic E-state index is 0.811. The van der Waals surface area contributed by atoms with Gasteiger partial charge in [0.25, 0.3) is 0 Å². The summed E-state index contributed by atoms with van der Waals surface area (Å²) in [5.74, 6) is 1.10. The van der Waals surface area contributed by atoms with E-state index < -0.39 is 0 Å². The molecule has 0 saturated carbocycles. The van der Waals surface area contributed by atoms with Crippen molar-refractivity contribution in [3.63, 3.8) is 0 Å². The first-order chi connectivity index (χ1) is 8.78. The van der Waals surface area contributed by atoms with Gasteiger partial charge in [0, 0.05) is 40.5 Å². The zero-order valence-electron chi connectivity index (χ0n) is 10.2. The fraction of sp³-hybridized carbons (Fsp3) is 0.214. The van der Waals surface area contributed by atoms with Crippen molar-refractivity contribution < 1.29 is 0 Å². The van der Waals surface area contributed by atoms with Crippen LogP contribution in [0, 0.1) is 0 Å². The Morgan fingerprint density at radius 2 is 2.06 bits per heavy atom. The molecule has 0 aliphatic rings. The summed E-state index contributed by atoms with van der Waals surface area (Å²) in [6.07, 6.45) is 6.00. The number of aryl methyl sites for hydroxylation is 1. The van der Waals surface area contributed by atoms with E-state index in [1.54, 1.807) is 0 Å². The normalized spacial score (nSPS) is 11.2. The summed E-state index contributed by atoms with van der Waals surface area (Å²) in [7, 11) is 0. The van der Waals surface area contributed by atoms with Crippen molar-refractivity contribution in [3.05, 3.63) is 53.2 Å². The minimum Gasteiger partial charge on any atom is -0.340 e. The van der Waals surface area contributed by atoms with Gasteiger partial charge >= 0.3 is 0 Å². The highest BCUT2D eigenvalue weighted by molar-refractivity contribution is 9.10. The van der Waals surface area contributed by atoms with Gasteiger partial charge in [-0.25, -0.2) is 4.98 Å². The zero-order chi connectivity index (χ0) is 12.5. The van der Waals surface area contributed by atoms with Crippen molar-refractivity contribution in [2.45, 2.75) is 20.0 Å². The van der Waals surface area contributed by atoms with Crippen molar-refractivity contribution in [2.75, 3.05) is 0 Å². The SMILES string of the molecule is CCn1ccnc1Cn1ccc2cc(Br)ccc21. The Balaban J connectivity index is 2.00. The second-order valence-corrected chi connectivity index (χ2v) is 5.19. The molecule has 2 aromatic heterocycles. The molecule has 0 unspecified atom stereocenters. The molecule has 0 amide bonds. The quantitative estimate of drug-likeness (QED) is 0.724. The molecule has 0 spiro atoms. The van der Waals surface area contributed by atoms with Gasteiger partial charge in [-0.1, -0.05) is 15.9 Å². The van der Waals surface area contributed by atoms with Crippen molar-refractivity contribution >= 4 is 26.8 Å². The Morgan fingerprint density at radius 1 is 1.17 bits per heavy atom. The van der Waals surface area contributed by atoms with E-state index in [1.807, 2.05) is 12.4 Å². The largest absolute Gasteiger partial charge is 0.340 e. The van der Waals surface area contributed by atoms with E-state index >= 15 is 0 Å². The molecule has 0 N–H and O–H groups in total. The van der Waals surface area contributed by atoms with Crippen LogP contribution < -0.4 is 0 Å². The lowest BCUT2D eigenvalue weighted by molar-refractivity contribution is 0.662. The summed E-state index contributed by atoms with van der Waals surface area (Å²) >= 11 is 3.50. The molecule has 0 saturated heterocycles. The predicted octanol–water partition coefficient (Wildman–Crippen LogP) is 3.67. The van der Waals surface area contributed by atoms with Gasteiger partial charge < -0.3 is 9.13 Å². The maximum Gasteiger partial charge on any atom is 0.128 e. The fourth-order valence-electron chi connectivity index (χ4n) is 2.24. The molecule has 3 aromatic rings. The second-order valence-electron chi connectivity index (χ2n) is 4.28. The Labute approximate surface area is 114 Å². The highest BCUT2D eigenvalue weighted by Gasteiger charge is 2.05. The Morgan fingerprint density at radius 3 is 2.89 bits per heavy atom. The van der Waals surface area contributed by atoms with E-state index in [0.717, 1.165) is 23.4 Å². The lowest BCUT2D eigenvalue weighted by Gasteiger charge is -2.07. The Hall–Kier alpha value is -1.55. The average molecular weight is 304 g/mol. The third kappa shape index (κ3) is 1.97. The van der Waals surface area contributed by atoms with E-state index in [1.165, 1.54) is 10.9 Å². The first-order valence-electron chi connectivity index (χ1n) is 6.02. The van der Waals surface area contributed by atoms with Crippen LogP contribution in [0.2, 0.25) is 0 Å². The second kappa shape index (κ2) is 4.61. The van der Waals surface area contributed by atoms with Crippen LogP contribution >= 0.6 is 15.9 Å². The number of nitrogens with zero attached hydrogens (tertiary/aromatic N) is 3. The first-order valence-corrected chi connectivity index (χ1v) is 6.81. The topological polar surface area (TPSA) is 22.8 Å². The van der Waals surface area contributed by atoms with E-state index in [9.17, 15) is 0 Å². The Kier molecular flexibility index (Phi) is 2.96. The number of fused-ring (bicyclic) bond motifs is 1. The fourth-order valence-corrected chi connectivity index (χ4v) is 2.62. The van der Waals surface area contributed by atoms with Gasteiger partial charge in [-0.15, -0.1) is 0 Å². The number of hydrogen-bond acceptors (Lipinski definition) is 1. The summed E-state index contributed by atoms with van der Waals surface area (Å²) in [6.45, 7) is 3.90. The van der Waals surface area contributed by atoms with Gasteiger partial charge in [0.1, 0.15) is 5.82 Å². The number of aromatic nitrogens is 3. The molecular formula is C14H14BrN3. The van der Waals surface area contributed by atoms with E-state index in [-0.39, 0.29) is 0 Å². The molecule has 3 rings (SSSR count). The molecule has 92 valence electrons. The average Bonchev–Trinajstić information content (AvgIpc) is 2.96. The molecule has 0 atom stereocenters. The highest BCUT2D eigenvalue weighted by atomic mass is 79.9.